The van der Waals surface area contributed by atoms with Crippen molar-refractivity contribution in [2.75, 3.05) is 19.1 Å². The zero-order valence-corrected chi connectivity index (χ0v) is 10.3. The Kier molecular flexibility index (Phi) is 4.19. The van der Waals surface area contributed by atoms with Crippen LogP contribution in [0.1, 0.15) is 6.42 Å². The molecular weight excluding hydrogens is 251 g/mol. The number of rotatable bonds is 5. The van der Waals surface area contributed by atoms with Crippen molar-refractivity contribution < 1.29 is 13.9 Å². The quantitative estimate of drug-likeness (QED) is 0.795. The van der Waals surface area contributed by atoms with E-state index in [4.69, 9.17) is 4.74 Å². The van der Waals surface area contributed by atoms with E-state index in [2.05, 4.69) is 20.8 Å². The lowest BCUT2D eigenvalue weighted by atomic mass is 10.2. The Hall–Kier alpha value is -2.28. The van der Waals surface area contributed by atoms with E-state index in [1.54, 1.807) is 12.1 Å². The van der Waals surface area contributed by atoms with Crippen molar-refractivity contribution in [2.45, 2.75) is 6.42 Å². The van der Waals surface area contributed by atoms with Gasteiger partial charge in [-0.1, -0.05) is 6.07 Å². The molecule has 0 saturated heterocycles. The van der Waals surface area contributed by atoms with E-state index in [1.807, 2.05) is 0 Å². The number of carbonyl (C=O) groups excluding carboxylic acids is 1. The summed E-state index contributed by atoms with van der Waals surface area (Å²) in [5.41, 5.74) is 5.31. The molecule has 0 atom stereocenters. The van der Waals surface area contributed by atoms with Crippen LogP contribution in [0.5, 0.6) is 0 Å². The van der Waals surface area contributed by atoms with Crippen molar-refractivity contribution in [3.8, 4) is 0 Å². The van der Waals surface area contributed by atoms with Crippen LogP contribution in [-0.4, -0.2) is 29.6 Å². The Morgan fingerprint density at radius 2 is 2.26 bits per heavy atom. The Labute approximate surface area is 109 Å². The lowest BCUT2D eigenvalue weighted by molar-refractivity contribution is -0.121. The molecule has 0 fully saturated rings. The van der Waals surface area contributed by atoms with Gasteiger partial charge in [0.1, 0.15) is 17.7 Å². The molecule has 1 amide bonds. The predicted molar refractivity (Wildman–Crippen MR) is 67.8 cm³/mol. The number of hydrogen-bond donors (Lipinski definition) is 2. The standard InChI is InChI=1S/C12H13FN4O2/c1-19-6-5-10(18)16-17-12-8-3-2-4-9(13)11(8)14-7-15-12/h2-4,7H,5-6H2,1H3,(H,16,18)(H,14,15,17). The lowest BCUT2D eigenvalue weighted by Gasteiger charge is -2.09. The van der Waals surface area contributed by atoms with E-state index in [9.17, 15) is 9.18 Å². The molecule has 0 unspecified atom stereocenters. The van der Waals surface area contributed by atoms with Crippen LogP contribution in [0.15, 0.2) is 24.5 Å². The second kappa shape index (κ2) is 6.05. The van der Waals surface area contributed by atoms with E-state index in [0.717, 1.165) is 0 Å². The molecule has 2 N–H and O–H groups in total. The van der Waals surface area contributed by atoms with E-state index in [1.165, 1.54) is 19.5 Å². The molecule has 0 aliphatic heterocycles. The van der Waals surface area contributed by atoms with Crippen LogP contribution < -0.4 is 10.9 Å². The molecule has 2 aromatic rings. The van der Waals surface area contributed by atoms with Crippen molar-refractivity contribution in [3.05, 3.63) is 30.3 Å². The summed E-state index contributed by atoms with van der Waals surface area (Å²) in [7, 11) is 1.52. The van der Waals surface area contributed by atoms with Gasteiger partial charge in [0.05, 0.1) is 13.0 Å². The maximum atomic E-state index is 13.5. The number of halogens is 1. The number of ether oxygens (including phenoxy) is 1. The first kappa shape index (κ1) is 13.2. The number of nitrogens with zero attached hydrogens (tertiary/aromatic N) is 2. The second-order valence-electron chi connectivity index (χ2n) is 3.77. The number of fused-ring (bicyclic) bond motifs is 1. The van der Waals surface area contributed by atoms with Gasteiger partial charge < -0.3 is 4.74 Å². The molecule has 0 radical (unpaired) electrons. The molecule has 7 heteroatoms. The van der Waals surface area contributed by atoms with Gasteiger partial charge in [-0.3, -0.25) is 15.6 Å². The van der Waals surface area contributed by atoms with Gasteiger partial charge >= 0.3 is 0 Å². The van der Waals surface area contributed by atoms with Gasteiger partial charge in [0, 0.05) is 12.5 Å². The van der Waals surface area contributed by atoms with Gasteiger partial charge in [-0.15, -0.1) is 0 Å². The van der Waals surface area contributed by atoms with Crippen molar-refractivity contribution in [3.63, 3.8) is 0 Å². The molecule has 100 valence electrons. The number of nitrogens with one attached hydrogen (secondary N) is 2. The number of methoxy groups -OCH3 is 1. The van der Waals surface area contributed by atoms with Crippen LogP contribution in [0.25, 0.3) is 10.9 Å². The number of aromatic nitrogens is 2. The first-order valence-electron chi connectivity index (χ1n) is 5.65. The van der Waals surface area contributed by atoms with Crippen LogP contribution >= 0.6 is 0 Å². The molecule has 0 aliphatic carbocycles. The average Bonchev–Trinajstić information content (AvgIpc) is 2.43. The molecule has 1 aromatic heterocycles. The first-order valence-corrected chi connectivity index (χ1v) is 5.65. The number of amides is 1. The number of benzene rings is 1. The highest BCUT2D eigenvalue weighted by molar-refractivity contribution is 5.90. The van der Waals surface area contributed by atoms with Gasteiger partial charge in [0.25, 0.3) is 0 Å². The maximum Gasteiger partial charge on any atom is 0.240 e. The Morgan fingerprint density at radius 1 is 1.42 bits per heavy atom. The molecule has 2 rings (SSSR count). The summed E-state index contributed by atoms with van der Waals surface area (Å²) >= 11 is 0. The van der Waals surface area contributed by atoms with Crippen molar-refractivity contribution >= 4 is 22.6 Å². The monoisotopic (exact) mass is 264 g/mol. The minimum atomic E-state index is -0.436. The van der Waals surface area contributed by atoms with Crippen molar-refractivity contribution in [1.29, 1.82) is 0 Å². The van der Waals surface area contributed by atoms with E-state index >= 15 is 0 Å². The SMILES string of the molecule is COCCC(=O)NNc1ncnc2c(F)cccc12. The Morgan fingerprint density at radius 3 is 3.05 bits per heavy atom. The molecular formula is C12H13FN4O2. The summed E-state index contributed by atoms with van der Waals surface area (Å²) in [5, 5.41) is 0.495. The minimum Gasteiger partial charge on any atom is -0.384 e. The van der Waals surface area contributed by atoms with Crippen LogP contribution in [0.3, 0.4) is 0 Å². The zero-order valence-electron chi connectivity index (χ0n) is 10.3. The van der Waals surface area contributed by atoms with Crippen LogP contribution in [0, 0.1) is 5.82 Å². The molecule has 0 bridgehead atoms. The van der Waals surface area contributed by atoms with Crippen LogP contribution in [0.2, 0.25) is 0 Å². The summed E-state index contributed by atoms with van der Waals surface area (Å²) in [6.07, 6.45) is 1.45. The smallest absolute Gasteiger partial charge is 0.240 e. The van der Waals surface area contributed by atoms with E-state index in [-0.39, 0.29) is 17.8 Å². The first-order chi connectivity index (χ1) is 9.22. The molecule has 0 saturated carbocycles. The van der Waals surface area contributed by atoms with Gasteiger partial charge in [-0.25, -0.2) is 14.4 Å². The fourth-order valence-electron chi connectivity index (χ4n) is 1.54. The van der Waals surface area contributed by atoms with Crippen LogP contribution in [0.4, 0.5) is 10.2 Å². The topological polar surface area (TPSA) is 76.1 Å². The maximum absolute atomic E-state index is 13.5. The highest BCUT2D eigenvalue weighted by Crippen LogP contribution is 2.20. The van der Waals surface area contributed by atoms with Crippen LogP contribution in [-0.2, 0) is 9.53 Å². The van der Waals surface area contributed by atoms with Crippen molar-refractivity contribution in [2.24, 2.45) is 0 Å². The number of anilines is 1. The number of para-hydroxylation sites is 1. The van der Waals surface area contributed by atoms with Gasteiger partial charge in [-0.2, -0.15) is 0 Å². The molecule has 19 heavy (non-hydrogen) atoms. The Bertz CT molecular complexity index is 591. The number of hydrogen-bond acceptors (Lipinski definition) is 5. The molecule has 0 aliphatic rings. The zero-order chi connectivity index (χ0) is 13.7. The fraction of sp³-hybridized carbons (Fsp3) is 0.250. The van der Waals surface area contributed by atoms with E-state index in [0.29, 0.717) is 17.8 Å². The summed E-state index contributed by atoms with van der Waals surface area (Å²) in [6.45, 7) is 0.326. The van der Waals surface area contributed by atoms with Crippen molar-refractivity contribution in [1.82, 2.24) is 15.4 Å². The number of carbonyl (C=O) groups is 1. The van der Waals surface area contributed by atoms with E-state index < -0.39 is 5.82 Å². The minimum absolute atomic E-state index is 0.200. The normalized spacial score (nSPS) is 10.4. The lowest BCUT2D eigenvalue weighted by Crippen LogP contribution is -2.30. The number of hydrazine groups is 1. The molecule has 1 heterocycles. The average molecular weight is 264 g/mol. The summed E-state index contributed by atoms with van der Waals surface area (Å²) in [5.74, 6) is -0.339. The second-order valence-corrected chi connectivity index (χ2v) is 3.77. The molecule has 1 aromatic carbocycles. The summed E-state index contributed by atoms with van der Waals surface area (Å²) in [4.78, 5) is 19.2. The third-order valence-corrected chi connectivity index (χ3v) is 2.47. The summed E-state index contributed by atoms with van der Waals surface area (Å²) in [6, 6.07) is 4.54. The predicted octanol–water partition coefficient (Wildman–Crippen LogP) is 1.25. The highest BCUT2D eigenvalue weighted by Gasteiger charge is 2.08. The fourth-order valence-corrected chi connectivity index (χ4v) is 1.54. The third-order valence-electron chi connectivity index (χ3n) is 2.47. The van der Waals surface area contributed by atoms with Gasteiger partial charge in [0.2, 0.25) is 5.91 Å². The largest absolute Gasteiger partial charge is 0.384 e. The van der Waals surface area contributed by atoms with Gasteiger partial charge in [0.15, 0.2) is 5.82 Å². The Balaban J connectivity index is 2.13. The molecule has 6 nitrogen and oxygen atoms in total. The third kappa shape index (κ3) is 3.14. The summed E-state index contributed by atoms with van der Waals surface area (Å²) < 4.78 is 18.3. The highest BCUT2D eigenvalue weighted by atomic mass is 19.1. The molecule has 0 spiro atoms. The van der Waals surface area contributed by atoms with Gasteiger partial charge in [-0.05, 0) is 12.1 Å².